The molecule has 23 heavy (non-hydrogen) atoms. The molecule has 0 N–H and O–H groups in total. The molecule has 0 spiro atoms. The first-order valence-corrected chi connectivity index (χ1v) is 7.25. The maximum absolute atomic E-state index is 11.9. The van der Waals surface area contributed by atoms with Crippen LogP contribution in [-0.4, -0.2) is 33.3 Å². The number of rotatable bonds is 5. The molecule has 0 saturated heterocycles. The Kier molecular flexibility index (Phi) is 5.21. The van der Waals surface area contributed by atoms with Crippen molar-refractivity contribution in [2.24, 2.45) is 5.92 Å². The maximum atomic E-state index is 11.9. The number of benzene rings is 2. The summed E-state index contributed by atoms with van der Waals surface area (Å²) in [6.07, 6.45) is 0. The summed E-state index contributed by atoms with van der Waals surface area (Å²) in [6, 6.07) is 11.5. The van der Waals surface area contributed by atoms with Crippen LogP contribution in [0.3, 0.4) is 0 Å². The number of methoxy groups -OCH3 is 3. The highest BCUT2D eigenvalue weighted by molar-refractivity contribution is 5.96. The predicted octanol–water partition coefficient (Wildman–Crippen LogP) is 2.91. The molecular weight excluding hydrogens is 296 g/mol. The highest BCUT2D eigenvalue weighted by Crippen LogP contribution is 2.30. The lowest BCUT2D eigenvalue weighted by atomic mass is 9.86. The normalized spacial score (nSPS) is 12.0. The van der Waals surface area contributed by atoms with Gasteiger partial charge in [-0.05, 0) is 28.5 Å². The lowest BCUT2D eigenvalue weighted by molar-refractivity contribution is -0.159. The standard InChI is InChI=1S/C18H20O5/c1-11(16(17(19)22-3)18(20)23-4)12-5-6-14-10-15(21-2)8-7-13(14)9-12/h5-11,16H,1-4H3. The highest BCUT2D eigenvalue weighted by atomic mass is 16.5. The van der Waals surface area contributed by atoms with E-state index in [-0.39, 0.29) is 5.92 Å². The van der Waals surface area contributed by atoms with Gasteiger partial charge in [-0.2, -0.15) is 0 Å². The molecule has 0 aliphatic heterocycles. The van der Waals surface area contributed by atoms with Crippen molar-refractivity contribution in [2.45, 2.75) is 12.8 Å². The quantitative estimate of drug-likeness (QED) is 0.627. The summed E-state index contributed by atoms with van der Waals surface area (Å²) in [7, 11) is 4.14. The number of carbonyl (C=O) groups excluding carboxylic acids is 2. The third-order valence-corrected chi connectivity index (χ3v) is 4.01. The van der Waals surface area contributed by atoms with Crippen LogP contribution in [0.25, 0.3) is 10.8 Å². The van der Waals surface area contributed by atoms with Gasteiger partial charge in [0.15, 0.2) is 5.92 Å². The van der Waals surface area contributed by atoms with Gasteiger partial charge in [-0.15, -0.1) is 0 Å². The van der Waals surface area contributed by atoms with Crippen molar-refractivity contribution in [1.29, 1.82) is 0 Å². The van der Waals surface area contributed by atoms with Crippen molar-refractivity contribution in [3.05, 3.63) is 42.0 Å². The first-order chi connectivity index (χ1) is 11.0. The van der Waals surface area contributed by atoms with E-state index in [4.69, 9.17) is 14.2 Å². The minimum Gasteiger partial charge on any atom is -0.497 e. The number of ether oxygens (including phenoxy) is 3. The molecule has 0 aliphatic rings. The van der Waals surface area contributed by atoms with E-state index in [1.807, 2.05) is 43.3 Å². The van der Waals surface area contributed by atoms with Gasteiger partial charge in [0.05, 0.1) is 21.3 Å². The number of esters is 2. The fourth-order valence-electron chi connectivity index (χ4n) is 2.60. The third kappa shape index (κ3) is 3.44. The van der Waals surface area contributed by atoms with Crippen molar-refractivity contribution >= 4 is 22.7 Å². The van der Waals surface area contributed by atoms with Gasteiger partial charge in [-0.25, -0.2) is 0 Å². The molecule has 1 atom stereocenters. The summed E-state index contributed by atoms with van der Waals surface area (Å²) in [5.74, 6) is -1.76. The molecule has 5 nitrogen and oxygen atoms in total. The van der Waals surface area contributed by atoms with Gasteiger partial charge in [0.2, 0.25) is 0 Å². The second kappa shape index (κ2) is 7.13. The topological polar surface area (TPSA) is 61.8 Å². The van der Waals surface area contributed by atoms with Gasteiger partial charge in [0.1, 0.15) is 5.75 Å². The van der Waals surface area contributed by atoms with Gasteiger partial charge in [-0.3, -0.25) is 9.59 Å². The SMILES string of the molecule is COC(=O)C(C(=O)OC)C(C)c1ccc2cc(OC)ccc2c1. The zero-order chi connectivity index (χ0) is 17.0. The summed E-state index contributed by atoms with van der Waals surface area (Å²) in [4.78, 5) is 23.9. The summed E-state index contributed by atoms with van der Waals surface area (Å²) < 4.78 is 14.7. The molecule has 2 aromatic rings. The predicted molar refractivity (Wildman–Crippen MR) is 86.4 cm³/mol. The molecule has 0 aliphatic carbocycles. The zero-order valence-corrected chi connectivity index (χ0v) is 13.7. The van der Waals surface area contributed by atoms with Gasteiger partial charge in [0.25, 0.3) is 0 Å². The van der Waals surface area contributed by atoms with E-state index in [0.29, 0.717) is 0 Å². The van der Waals surface area contributed by atoms with E-state index in [1.54, 1.807) is 7.11 Å². The first kappa shape index (κ1) is 16.8. The Morgan fingerprint density at radius 2 is 1.43 bits per heavy atom. The minimum atomic E-state index is -0.985. The Bertz CT molecular complexity index is 706. The number of hydrogen-bond acceptors (Lipinski definition) is 5. The highest BCUT2D eigenvalue weighted by Gasteiger charge is 2.35. The number of hydrogen-bond donors (Lipinski definition) is 0. The van der Waals surface area contributed by atoms with E-state index >= 15 is 0 Å². The zero-order valence-electron chi connectivity index (χ0n) is 13.7. The van der Waals surface area contributed by atoms with E-state index in [9.17, 15) is 9.59 Å². The molecule has 122 valence electrons. The van der Waals surface area contributed by atoms with E-state index < -0.39 is 17.9 Å². The molecule has 0 aromatic heterocycles. The van der Waals surface area contributed by atoms with Crippen molar-refractivity contribution in [2.75, 3.05) is 21.3 Å². The fraction of sp³-hybridized carbons (Fsp3) is 0.333. The molecule has 1 unspecified atom stereocenters. The molecule has 2 aromatic carbocycles. The summed E-state index contributed by atoms with van der Waals surface area (Å²) in [5, 5.41) is 2.02. The summed E-state index contributed by atoms with van der Waals surface area (Å²) >= 11 is 0. The Morgan fingerprint density at radius 1 is 0.870 bits per heavy atom. The molecule has 0 saturated carbocycles. The van der Waals surface area contributed by atoms with Crippen LogP contribution in [0.4, 0.5) is 0 Å². The third-order valence-electron chi connectivity index (χ3n) is 4.01. The molecule has 0 fully saturated rings. The Labute approximate surface area is 135 Å². The van der Waals surface area contributed by atoms with Gasteiger partial charge < -0.3 is 14.2 Å². The van der Waals surface area contributed by atoms with Crippen LogP contribution in [0.1, 0.15) is 18.4 Å². The van der Waals surface area contributed by atoms with Crippen molar-refractivity contribution in [1.82, 2.24) is 0 Å². The van der Waals surface area contributed by atoms with Gasteiger partial charge in [0, 0.05) is 5.92 Å². The molecule has 5 heteroatoms. The molecule has 0 bridgehead atoms. The van der Waals surface area contributed by atoms with Gasteiger partial charge >= 0.3 is 11.9 Å². The number of fused-ring (bicyclic) bond motifs is 1. The average Bonchev–Trinajstić information content (AvgIpc) is 2.60. The second-order valence-electron chi connectivity index (χ2n) is 5.29. The molecule has 0 amide bonds. The average molecular weight is 316 g/mol. The second-order valence-corrected chi connectivity index (χ2v) is 5.29. The lowest BCUT2D eigenvalue weighted by Crippen LogP contribution is -2.31. The van der Waals surface area contributed by atoms with Crippen LogP contribution in [0.5, 0.6) is 5.75 Å². The Hall–Kier alpha value is -2.56. The van der Waals surface area contributed by atoms with E-state index in [0.717, 1.165) is 22.1 Å². The van der Waals surface area contributed by atoms with Crippen LogP contribution < -0.4 is 4.74 Å². The Balaban J connectivity index is 2.40. The molecule has 0 radical (unpaired) electrons. The largest absolute Gasteiger partial charge is 0.497 e. The van der Waals surface area contributed by atoms with Crippen LogP contribution in [0.2, 0.25) is 0 Å². The smallest absolute Gasteiger partial charge is 0.320 e. The van der Waals surface area contributed by atoms with Crippen molar-refractivity contribution in [3.8, 4) is 5.75 Å². The van der Waals surface area contributed by atoms with Gasteiger partial charge in [-0.1, -0.05) is 31.2 Å². The summed E-state index contributed by atoms with van der Waals surface area (Å²) in [5.41, 5.74) is 0.864. The van der Waals surface area contributed by atoms with Crippen LogP contribution >= 0.6 is 0 Å². The van der Waals surface area contributed by atoms with E-state index in [2.05, 4.69) is 0 Å². The molecule has 0 heterocycles. The summed E-state index contributed by atoms with van der Waals surface area (Å²) in [6.45, 7) is 1.81. The Morgan fingerprint density at radius 3 is 2.00 bits per heavy atom. The first-order valence-electron chi connectivity index (χ1n) is 7.25. The monoisotopic (exact) mass is 316 g/mol. The lowest BCUT2D eigenvalue weighted by Gasteiger charge is -2.20. The van der Waals surface area contributed by atoms with E-state index in [1.165, 1.54) is 14.2 Å². The van der Waals surface area contributed by atoms with Crippen LogP contribution in [-0.2, 0) is 19.1 Å². The fourth-order valence-corrected chi connectivity index (χ4v) is 2.60. The molecule has 2 rings (SSSR count). The minimum absolute atomic E-state index is 0.360. The maximum Gasteiger partial charge on any atom is 0.320 e. The van der Waals surface area contributed by atoms with Crippen molar-refractivity contribution < 1.29 is 23.8 Å². The van der Waals surface area contributed by atoms with Crippen LogP contribution in [0.15, 0.2) is 36.4 Å². The van der Waals surface area contributed by atoms with Crippen LogP contribution in [0, 0.1) is 5.92 Å². The molecular formula is C18H20O5. The number of carbonyl (C=O) groups is 2. The van der Waals surface area contributed by atoms with Crippen molar-refractivity contribution in [3.63, 3.8) is 0 Å².